The second-order valence-electron chi connectivity index (χ2n) is 11.2. The van der Waals surface area contributed by atoms with Crippen molar-refractivity contribution in [1.82, 2.24) is 29.9 Å². The third kappa shape index (κ3) is 4.87. The topological polar surface area (TPSA) is 90.5 Å². The molecule has 7 heteroatoms. The molecule has 0 saturated carbocycles. The summed E-state index contributed by atoms with van der Waals surface area (Å²) in [5.41, 5.74) is 7.54. The maximum Gasteiger partial charge on any atom is 0.230 e. The van der Waals surface area contributed by atoms with Crippen LogP contribution in [0.3, 0.4) is 0 Å². The summed E-state index contributed by atoms with van der Waals surface area (Å²) >= 11 is 0. The number of hydrogen-bond acceptors (Lipinski definition) is 7. The van der Waals surface area contributed by atoms with E-state index in [-0.39, 0.29) is 0 Å². The summed E-state index contributed by atoms with van der Waals surface area (Å²) in [6.07, 6.45) is 1.82. The zero-order valence-electron chi connectivity index (χ0n) is 24.9. The van der Waals surface area contributed by atoms with Crippen LogP contribution in [0.1, 0.15) is 0 Å². The van der Waals surface area contributed by atoms with Crippen LogP contribution in [0.25, 0.3) is 89.8 Å². The lowest BCUT2D eigenvalue weighted by molar-refractivity contribution is 0.653. The number of benzene rings is 5. The summed E-state index contributed by atoms with van der Waals surface area (Å²) < 4.78 is 6.07. The molecular formula is C40H24N6O. The van der Waals surface area contributed by atoms with Crippen LogP contribution < -0.4 is 0 Å². The highest BCUT2D eigenvalue weighted by atomic mass is 16.3. The molecule has 0 radical (unpaired) electrons. The van der Waals surface area contributed by atoms with E-state index < -0.39 is 0 Å². The Balaban J connectivity index is 1.19. The lowest BCUT2D eigenvalue weighted by Gasteiger charge is -2.12. The first kappa shape index (κ1) is 26.8. The zero-order valence-corrected chi connectivity index (χ0v) is 24.9. The Bertz CT molecular complexity index is 2520. The van der Waals surface area contributed by atoms with Gasteiger partial charge in [-0.2, -0.15) is 4.98 Å². The number of nitrogens with zero attached hydrogens (tertiary/aromatic N) is 6. The van der Waals surface area contributed by atoms with Gasteiger partial charge in [-0.1, -0.05) is 115 Å². The van der Waals surface area contributed by atoms with Gasteiger partial charge in [0.2, 0.25) is 5.71 Å². The van der Waals surface area contributed by atoms with E-state index in [0.29, 0.717) is 34.7 Å². The van der Waals surface area contributed by atoms with Gasteiger partial charge in [0, 0.05) is 33.7 Å². The molecule has 0 aliphatic heterocycles. The van der Waals surface area contributed by atoms with E-state index in [9.17, 15) is 0 Å². The average Bonchev–Trinajstić information content (AvgIpc) is 3.53. The minimum atomic E-state index is 0.497. The minimum Gasteiger partial charge on any atom is -0.438 e. The normalized spacial score (nSPS) is 11.4. The summed E-state index contributed by atoms with van der Waals surface area (Å²) in [7, 11) is 0. The monoisotopic (exact) mass is 604 g/mol. The van der Waals surface area contributed by atoms with E-state index in [0.717, 1.165) is 55.1 Å². The molecule has 9 rings (SSSR count). The van der Waals surface area contributed by atoms with Crippen LogP contribution in [0.2, 0.25) is 0 Å². The van der Waals surface area contributed by atoms with Gasteiger partial charge in [0.25, 0.3) is 0 Å². The second kappa shape index (κ2) is 11.1. The second-order valence-corrected chi connectivity index (χ2v) is 11.2. The van der Waals surface area contributed by atoms with Gasteiger partial charge in [-0.15, -0.1) is 0 Å². The molecule has 4 aromatic heterocycles. The Morgan fingerprint density at radius 3 is 1.74 bits per heavy atom. The van der Waals surface area contributed by atoms with E-state index in [1.54, 1.807) is 0 Å². The molecule has 0 fully saturated rings. The molecule has 0 unspecified atom stereocenters. The first-order chi connectivity index (χ1) is 23.3. The van der Waals surface area contributed by atoms with Gasteiger partial charge < -0.3 is 4.42 Å². The minimum absolute atomic E-state index is 0.497. The molecule has 0 saturated heterocycles. The van der Waals surface area contributed by atoms with Gasteiger partial charge in [-0.05, 0) is 35.4 Å². The number of fused-ring (bicyclic) bond motifs is 4. The highest BCUT2D eigenvalue weighted by Crippen LogP contribution is 2.35. The molecule has 0 aliphatic rings. The Morgan fingerprint density at radius 2 is 1.00 bits per heavy atom. The van der Waals surface area contributed by atoms with E-state index >= 15 is 0 Å². The van der Waals surface area contributed by atoms with E-state index in [1.165, 1.54) is 0 Å². The smallest absolute Gasteiger partial charge is 0.230 e. The lowest BCUT2D eigenvalue weighted by atomic mass is 9.98. The molecule has 5 aromatic carbocycles. The molecular weight excluding hydrogens is 580 g/mol. The fourth-order valence-electron chi connectivity index (χ4n) is 5.93. The van der Waals surface area contributed by atoms with E-state index in [4.69, 9.17) is 34.3 Å². The fourth-order valence-corrected chi connectivity index (χ4v) is 5.93. The van der Waals surface area contributed by atoms with Crippen LogP contribution in [-0.2, 0) is 0 Å². The molecule has 0 amide bonds. The molecule has 0 atom stereocenters. The van der Waals surface area contributed by atoms with Crippen molar-refractivity contribution in [3.63, 3.8) is 0 Å². The third-order valence-corrected chi connectivity index (χ3v) is 8.21. The Kier molecular flexibility index (Phi) is 6.31. The largest absolute Gasteiger partial charge is 0.438 e. The Morgan fingerprint density at radius 1 is 0.404 bits per heavy atom. The predicted octanol–water partition coefficient (Wildman–Crippen LogP) is 9.44. The van der Waals surface area contributed by atoms with Crippen LogP contribution in [0.4, 0.5) is 0 Å². The van der Waals surface area contributed by atoms with Crippen LogP contribution in [0.15, 0.2) is 150 Å². The van der Waals surface area contributed by atoms with E-state index in [1.807, 2.05) is 128 Å². The van der Waals surface area contributed by atoms with Gasteiger partial charge in [0.15, 0.2) is 23.3 Å². The number of pyridine rings is 1. The SMILES string of the molecule is c1ccc(-c2nc(-c3ccccc3)nc(-c3cccc(-c4cc(-c5ncc6c(n5)oc5ccccc56)nc5ccccc45)c3)n2)cc1. The molecule has 220 valence electrons. The van der Waals surface area contributed by atoms with Gasteiger partial charge in [0.05, 0.1) is 10.9 Å². The molecule has 0 bridgehead atoms. The maximum absolute atomic E-state index is 6.07. The van der Waals surface area contributed by atoms with Crippen molar-refractivity contribution in [3.05, 3.63) is 146 Å². The number of furan rings is 1. The van der Waals surface area contributed by atoms with Crippen LogP contribution in [0, 0.1) is 0 Å². The van der Waals surface area contributed by atoms with Crippen LogP contribution in [0.5, 0.6) is 0 Å². The standard InChI is InChI=1S/C40H24N6O/c1-3-12-25(13-4-1)36-43-37(26-14-5-2-6-15-26)45-38(44-36)28-17-11-16-27(22-28)31-23-34(42-33-20-9-7-18-29(31)33)39-41-24-32-30-19-8-10-21-35(30)47-40(32)46-39/h1-24H. The highest BCUT2D eigenvalue weighted by molar-refractivity contribution is 6.03. The predicted molar refractivity (Wildman–Crippen MR) is 185 cm³/mol. The van der Waals surface area contributed by atoms with Crippen molar-refractivity contribution in [2.24, 2.45) is 0 Å². The molecule has 4 heterocycles. The summed E-state index contributed by atoms with van der Waals surface area (Å²) in [5, 5.41) is 2.88. The van der Waals surface area contributed by atoms with Crippen molar-refractivity contribution < 1.29 is 4.42 Å². The van der Waals surface area contributed by atoms with Gasteiger partial charge in [-0.3, -0.25) is 0 Å². The Hall–Kier alpha value is -6.60. The Labute approximate surface area is 269 Å². The third-order valence-electron chi connectivity index (χ3n) is 8.21. The van der Waals surface area contributed by atoms with Gasteiger partial charge in [0.1, 0.15) is 11.3 Å². The van der Waals surface area contributed by atoms with Gasteiger partial charge in [-0.25, -0.2) is 24.9 Å². The zero-order chi connectivity index (χ0) is 31.2. The molecule has 47 heavy (non-hydrogen) atoms. The summed E-state index contributed by atoms with van der Waals surface area (Å²) in [4.78, 5) is 29.2. The summed E-state index contributed by atoms with van der Waals surface area (Å²) in [5.74, 6) is 2.33. The van der Waals surface area contributed by atoms with Crippen molar-refractivity contribution in [3.8, 4) is 56.8 Å². The first-order valence-corrected chi connectivity index (χ1v) is 15.3. The quantitative estimate of drug-likeness (QED) is 0.193. The van der Waals surface area contributed by atoms with Gasteiger partial charge >= 0.3 is 0 Å². The van der Waals surface area contributed by atoms with Crippen molar-refractivity contribution >= 4 is 33.0 Å². The fraction of sp³-hybridized carbons (Fsp3) is 0. The number of aromatic nitrogens is 6. The maximum atomic E-state index is 6.07. The molecule has 9 aromatic rings. The first-order valence-electron chi connectivity index (χ1n) is 15.3. The molecule has 7 nitrogen and oxygen atoms in total. The van der Waals surface area contributed by atoms with Crippen LogP contribution in [-0.4, -0.2) is 29.9 Å². The van der Waals surface area contributed by atoms with Crippen molar-refractivity contribution in [2.75, 3.05) is 0 Å². The molecule has 0 aliphatic carbocycles. The van der Waals surface area contributed by atoms with E-state index in [2.05, 4.69) is 18.2 Å². The summed E-state index contributed by atoms with van der Waals surface area (Å²) in [6, 6.07) is 46.3. The van der Waals surface area contributed by atoms with Crippen LogP contribution >= 0.6 is 0 Å². The number of para-hydroxylation sites is 2. The highest BCUT2D eigenvalue weighted by Gasteiger charge is 2.17. The van der Waals surface area contributed by atoms with Crippen molar-refractivity contribution in [1.29, 1.82) is 0 Å². The van der Waals surface area contributed by atoms with Crippen molar-refractivity contribution in [2.45, 2.75) is 0 Å². The molecule has 0 spiro atoms. The lowest BCUT2D eigenvalue weighted by Crippen LogP contribution is -2.00. The summed E-state index contributed by atoms with van der Waals surface area (Å²) in [6.45, 7) is 0. The average molecular weight is 605 g/mol. The molecule has 0 N–H and O–H groups in total. The number of rotatable bonds is 5. The number of hydrogen-bond donors (Lipinski definition) is 0.